The zero-order chi connectivity index (χ0) is 10.6. The van der Waals surface area contributed by atoms with Crippen molar-refractivity contribution < 1.29 is 12.3 Å². The molecule has 1 aromatic carbocycles. The van der Waals surface area contributed by atoms with Crippen molar-refractivity contribution in [2.45, 2.75) is 0 Å². The molecule has 0 amide bonds. The highest BCUT2D eigenvalue weighted by molar-refractivity contribution is 7.86. The summed E-state index contributed by atoms with van der Waals surface area (Å²) in [7, 11) is -4.51. The fraction of sp³-hybridized carbons (Fsp3) is 0.111. The summed E-state index contributed by atoms with van der Waals surface area (Å²) in [5, 5.41) is 0.500. The van der Waals surface area contributed by atoms with Gasteiger partial charge in [-0.3, -0.25) is 0 Å². The lowest BCUT2D eigenvalue weighted by atomic mass is 10.2. The average molecular weight is 233 g/mol. The molecule has 0 fully saturated rings. The van der Waals surface area contributed by atoms with Gasteiger partial charge in [0.15, 0.2) is 0 Å². The van der Waals surface area contributed by atoms with Gasteiger partial charge in [-0.2, -0.15) is 8.42 Å². The first-order chi connectivity index (χ1) is 6.47. The third-order valence-corrected chi connectivity index (χ3v) is 2.03. The standard InChI is InChI=1S/C9H6ClFO2S/c10-9-5-1-3-8(7-9)4-2-6-14(11,12)13/h1,3,5,7H,6H2. The summed E-state index contributed by atoms with van der Waals surface area (Å²) in [5.74, 6) is 3.89. The van der Waals surface area contributed by atoms with Gasteiger partial charge in [-0.15, -0.1) is 3.89 Å². The lowest BCUT2D eigenvalue weighted by molar-refractivity contribution is 0.556. The van der Waals surface area contributed by atoms with Gasteiger partial charge in [0, 0.05) is 10.6 Å². The molecule has 0 saturated carbocycles. The fourth-order valence-corrected chi connectivity index (χ4v) is 1.23. The second-order valence-corrected chi connectivity index (χ2v) is 4.30. The van der Waals surface area contributed by atoms with Crippen LogP contribution in [-0.2, 0) is 10.2 Å². The Bertz CT molecular complexity index is 485. The summed E-state index contributed by atoms with van der Waals surface area (Å²) in [4.78, 5) is 0. The van der Waals surface area contributed by atoms with Crippen LogP contribution in [0.2, 0.25) is 5.02 Å². The van der Waals surface area contributed by atoms with Crippen LogP contribution in [0.1, 0.15) is 5.56 Å². The SMILES string of the molecule is O=S(=O)(F)CC#Cc1cccc(Cl)c1. The van der Waals surface area contributed by atoms with E-state index in [1.165, 1.54) is 0 Å². The normalized spacial score (nSPS) is 10.4. The van der Waals surface area contributed by atoms with E-state index in [0.717, 1.165) is 0 Å². The summed E-state index contributed by atoms with van der Waals surface area (Å²) in [6.07, 6.45) is 0. The molecule has 0 aliphatic carbocycles. The zero-order valence-electron chi connectivity index (χ0n) is 7.00. The van der Waals surface area contributed by atoms with Crippen molar-refractivity contribution in [1.82, 2.24) is 0 Å². The third-order valence-electron chi connectivity index (χ3n) is 1.30. The predicted octanol–water partition coefficient (Wildman–Crippen LogP) is 1.99. The Hall–Kier alpha value is -1.05. The van der Waals surface area contributed by atoms with Crippen LogP contribution in [0.4, 0.5) is 3.89 Å². The maximum absolute atomic E-state index is 12.0. The first-order valence-corrected chi connectivity index (χ1v) is 5.57. The second-order valence-electron chi connectivity index (χ2n) is 2.50. The molecule has 5 heteroatoms. The number of halogens is 2. The van der Waals surface area contributed by atoms with E-state index in [1.807, 2.05) is 0 Å². The second kappa shape index (κ2) is 4.45. The van der Waals surface area contributed by atoms with Gasteiger partial charge in [-0.1, -0.05) is 29.5 Å². The minimum atomic E-state index is -4.51. The van der Waals surface area contributed by atoms with Gasteiger partial charge in [-0.05, 0) is 18.2 Å². The average Bonchev–Trinajstić information content (AvgIpc) is 2.01. The molecule has 0 aromatic heterocycles. The van der Waals surface area contributed by atoms with Gasteiger partial charge in [0.1, 0.15) is 5.75 Å². The van der Waals surface area contributed by atoms with Crippen LogP contribution in [0.5, 0.6) is 0 Å². The van der Waals surface area contributed by atoms with Crippen molar-refractivity contribution in [2.75, 3.05) is 5.75 Å². The van der Waals surface area contributed by atoms with Crippen molar-refractivity contribution in [1.29, 1.82) is 0 Å². The summed E-state index contributed by atoms with van der Waals surface area (Å²) in [6, 6.07) is 6.57. The predicted molar refractivity (Wildman–Crippen MR) is 53.2 cm³/mol. The number of hydrogen-bond acceptors (Lipinski definition) is 2. The molecule has 1 rings (SSSR count). The zero-order valence-corrected chi connectivity index (χ0v) is 8.57. The first-order valence-electron chi connectivity index (χ1n) is 3.64. The quantitative estimate of drug-likeness (QED) is 0.548. The fourth-order valence-electron chi connectivity index (χ4n) is 0.791. The van der Waals surface area contributed by atoms with Crippen molar-refractivity contribution in [2.24, 2.45) is 0 Å². The van der Waals surface area contributed by atoms with Crippen LogP contribution in [0, 0.1) is 11.8 Å². The van der Waals surface area contributed by atoms with Gasteiger partial charge in [0.2, 0.25) is 0 Å². The summed E-state index contributed by atoms with van der Waals surface area (Å²) in [5.41, 5.74) is 0.557. The highest BCUT2D eigenvalue weighted by atomic mass is 35.5. The highest BCUT2D eigenvalue weighted by Crippen LogP contribution is 2.09. The van der Waals surface area contributed by atoms with Crippen molar-refractivity contribution in [3.63, 3.8) is 0 Å². The molecule has 0 aliphatic rings. The molecule has 1 aromatic rings. The van der Waals surface area contributed by atoms with Gasteiger partial charge in [0.05, 0.1) is 0 Å². The third kappa shape index (κ3) is 4.26. The van der Waals surface area contributed by atoms with E-state index in [9.17, 15) is 12.3 Å². The van der Waals surface area contributed by atoms with Gasteiger partial charge in [0.25, 0.3) is 0 Å². The molecule has 0 spiro atoms. The Morgan fingerprint density at radius 1 is 1.43 bits per heavy atom. The Kier molecular flexibility index (Phi) is 3.50. The maximum Gasteiger partial charge on any atom is 0.313 e. The molecule has 0 saturated heterocycles. The van der Waals surface area contributed by atoms with Crippen LogP contribution < -0.4 is 0 Å². The number of benzene rings is 1. The minimum Gasteiger partial charge on any atom is -0.194 e. The van der Waals surface area contributed by atoms with E-state index in [1.54, 1.807) is 24.3 Å². The molecule has 74 valence electrons. The highest BCUT2D eigenvalue weighted by Gasteiger charge is 2.01. The molecule has 0 radical (unpaired) electrons. The van der Waals surface area contributed by atoms with Crippen LogP contribution in [0.15, 0.2) is 24.3 Å². The van der Waals surface area contributed by atoms with Gasteiger partial charge in [-0.25, -0.2) is 0 Å². The van der Waals surface area contributed by atoms with Crippen LogP contribution in [-0.4, -0.2) is 14.2 Å². The Balaban J connectivity index is 2.79. The number of hydrogen-bond donors (Lipinski definition) is 0. The lowest BCUT2D eigenvalue weighted by Crippen LogP contribution is -1.94. The summed E-state index contributed by atoms with van der Waals surface area (Å²) >= 11 is 5.65. The Morgan fingerprint density at radius 2 is 2.14 bits per heavy atom. The van der Waals surface area contributed by atoms with Crippen LogP contribution >= 0.6 is 11.6 Å². The molecule has 0 bridgehead atoms. The largest absolute Gasteiger partial charge is 0.313 e. The molecular weight excluding hydrogens is 227 g/mol. The van der Waals surface area contributed by atoms with Gasteiger partial charge < -0.3 is 0 Å². The maximum atomic E-state index is 12.0. The van der Waals surface area contributed by atoms with Crippen molar-refractivity contribution in [3.8, 4) is 11.8 Å². The molecular formula is C9H6ClFO2S. The van der Waals surface area contributed by atoms with Crippen molar-refractivity contribution >= 4 is 21.8 Å². The monoisotopic (exact) mass is 232 g/mol. The van der Waals surface area contributed by atoms with Crippen LogP contribution in [0.25, 0.3) is 0 Å². The number of rotatable bonds is 1. The van der Waals surface area contributed by atoms with E-state index in [0.29, 0.717) is 10.6 Å². The topological polar surface area (TPSA) is 34.1 Å². The summed E-state index contributed by atoms with van der Waals surface area (Å²) in [6.45, 7) is 0. The Labute approximate surface area is 86.9 Å². The van der Waals surface area contributed by atoms with Gasteiger partial charge >= 0.3 is 10.2 Å². The van der Waals surface area contributed by atoms with E-state index < -0.39 is 16.0 Å². The van der Waals surface area contributed by atoms with Crippen LogP contribution in [0.3, 0.4) is 0 Å². The van der Waals surface area contributed by atoms with E-state index in [4.69, 9.17) is 11.6 Å². The first kappa shape index (κ1) is 11.0. The molecule has 14 heavy (non-hydrogen) atoms. The minimum absolute atomic E-state index is 0.500. The lowest BCUT2D eigenvalue weighted by Gasteiger charge is -1.89. The molecule has 2 nitrogen and oxygen atoms in total. The molecule has 0 heterocycles. The van der Waals surface area contributed by atoms with E-state index in [-0.39, 0.29) is 0 Å². The van der Waals surface area contributed by atoms with E-state index in [2.05, 4.69) is 11.8 Å². The Morgan fingerprint density at radius 3 is 2.71 bits per heavy atom. The molecule has 0 aliphatic heterocycles. The smallest absolute Gasteiger partial charge is 0.194 e. The summed E-state index contributed by atoms with van der Waals surface area (Å²) < 4.78 is 32.2. The molecule has 0 unspecified atom stereocenters. The molecule has 0 N–H and O–H groups in total. The molecule has 0 atom stereocenters. The van der Waals surface area contributed by atoms with E-state index >= 15 is 0 Å². The van der Waals surface area contributed by atoms with Crippen molar-refractivity contribution in [3.05, 3.63) is 34.9 Å².